The summed E-state index contributed by atoms with van der Waals surface area (Å²) in [5, 5.41) is 0.404. The van der Waals surface area contributed by atoms with Gasteiger partial charge in [0.15, 0.2) is 0 Å². The van der Waals surface area contributed by atoms with Gasteiger partial charge < -0.3 is 9.32 Å². The minimum absolute atomic E-state index is 0.0878. The Morgan fingerprint density at radius 1 is 1.18 bits per heavy atom. The lowest BCUT2D eigenvalue weighted by Gasteiger charge is -2.34. The van der Waals surface area contributed by atoms with Crippen molar-refractivity contribution in [3.8, 4) is 0 Å². The van der Waals surface area contributed by atoms with E-state index in [4.69, 9.17) is 4.42 Å². The summed E-state index contributed by atoms with van der Waals surface area (Å²) in [7, 11) is -2.07. The number of sulfonamides is 1. The summed E-state index contributed by atoms with van der Waals surface area (Å²) in [5.74, 6) is 0.501. The van der Waals surface area contributed by atoms with Gasteiger partial charge in [-0.05, 0) is 30.3 Å². The lowest BCUT2D eigenvalue weighted by atomic mass is 10.2. The van der Waals surface area contributed by atoms with E-state index in [9.17, 15) is 18.0 Å². The van der Waals surface area contributed by atoms with Gasteiger partial charge in [0, 0.05) is 33.2 Å². The van der Waals surface area contributed by atoms with Crippen LogP contribution in [0.2, 0.25) is 0 Å². The van der Waals surface area contributed by atoms with Crippen LogP contribution in [0, 0.1) is 0 Å². The molecule has 1 amide bonds. The lowest BCUT2D eigenvalue weighted by molar-refractivity contribution is -0.131. The third-order valence-corrected chi connectivity index (χ3v) is 7.72. The maximum Gasteiger partial charge on any atom is 0.268 e. The fourth-order valence-corrected chi connectivity index (χ4v) is 5.57. The molecular formula is C18H19N3O5S2. The monoisotopic (exact) mass is 421 g/mol. The number of fused-ring (bicyclic) bond motifs is 1. The number of carbonyl (C=O) groups is 1. The number of nitrogens with zero attached hydrogens (tertiary/aromatic N) is 3. The van der Waals surface area contributed by atoms with Gasteiger partial charge in [0.25, 0.3) is 5.56 Å². The number of carbonyl (C=O) groups excluding carboxylic acids is 1. The number of aryl methyl sites for hydroxylation is 1. The van der Waals surface area contributed by atoms with Crippen LogP contribution in [0.5, 0.6) is 0 Å². The van der Waals surface area contributed by atoms with E-state index in [1.54, 1.807) is 30.1 Å². The zero-order chi connectivity index (χ0) is 19.9. The van der Waals surface area contributed by atoms with Crippen molar-refractivity contribution in [3.05, 3.63) is 52.7 Å². The molecular weight excluding hydrogens is 402 g/mol. The highest BCUT2D eigenvalue weighted by molar-refractivity contribution is 7.89. The smallest absolute Gasteiger partial charge is 0.268 e. The highest BCUT2D eigenvalue weighted by Crippen LogP contribution is 2.23. The van der Waals surface area contributed by atoms with Crippen molar-refractivity contribution in [2.45, 2.75) is 11.3 Å². The maximum absolute atomic E-state index is 13.0. The van der Waals surface area contributed by atoms with Crippen molar-refractivity contribution >= 4 is 37.5 Å². The highest BCUT2D eigenvalue weighted by atomic mass is 32.2. The van der Waals surface area contributed by atoms with E-state index in [0.29, 0.717) is 24.2 Å². The molecule has 0 atom stereocenters. The molecule has 0 aliphatic carbocycles. The van der Waals surface area contributed by atoms with Crippen LogP contribution in [0.15, 0.2) is 50.7 Å². The summed E-state index contributed by atoms with van der Waals surface area (Å²) in [6, 6.07) is 8.10. The molecule has 1 saturated heterocycles. The Balaban J connectivity index is 1.48. The van der Waals surface area contributed by atoms with Crippen molar-refractivity contribution in [2.24, 2.45) is 7.05 Å². The normalized spacial score (nSPS) is 16.0. The number of furan rings is 1. The second kappa shape index (κ2) is 7.19. The standard InChI is InChI=1S/C18H19N3O5S2/c1-19-18(23)15-12-14(4-5-16(15)27-19)28(24,25)21-8-6-20(7-9-21)17(22)11-13-3-2-10-26-13/h2-5,10,12H,6-9,11H2,1H3. The Morgan fingerprint density at radius 3 is 2.61 bits per heavy atom. The summed E-state index contributed by atoms with van der Waals surface area (Å²) in [5.41, 5.74) is -0.203. The Labute approximate surface area is 165 Å². The van der Waals surface area contributed by atoms with E-state index < -0.39 is 10.0 Å². The van der Waals surface area contributed by atoms with Crippen LogP contribution in [-0.4, -0.2) is 53.7 Å². The van der Waals surface area contributed by atoms with Gasteiger partial charge in [-0.25, -0.2) is 8.42 Å². The largest absolute Gasteiger partial charge is 0.469 e. The third-order valence-electron chi connectivity index (χ3n) is 4.84. The van der Waals surface area contributed by atoms with E-state index in [1.807, 2.05) is 0 Å². The molecule has 10 heteroatoms. The number of rotatable bonds is 4. The first-order valence-electron chi connectivity index (χ1n) is 8.76. The number of hydrogen-bond donors (Lipinski definition) is 0. The van der Waals surface area contributed by atoms with Crippen molar-refractivity contribution in [2.75, 3.05) is 26.2 Å². The Morgan fingerprint density at radius 2 is 1.93 bits per heavy atom. The molecule has 0 unspecified atom stereocenters. The van der Waals surface area contributed by atoms with Crippen molar-refractivity contribution in [1.29, 1.82) is 0 Å². The first-order chi connectivity index (χ1) is 13.4. The second-order valence-electron chi connectivity index (χ2n) is 6.59. The number of amides is 1. The minimum Gasteiger partial charge on any atom is -0.469 e. The topological polar surface area (TPSA) is 92.8 Å². The Bertz CT molecular complexity index is 1170. The van der Waals surface area contributed by atoms with E-state index >= 15 is 0 Å². The molecule has 148 valence electrons. The van der Waals surface area contributed by atoms with Crippen LogP contribution in [0.1, 0.15) is 5.76 Å². The number of hydrogen-bond acceptors (Lipinski definition) is 6. The van der Waals surface area contributed by atoms with E-state index in [1.165, 1.54) is 38.2 Å². The predicted molar refractivity (Wildman–Crippen MR) is 105 cm³/mol. The zero-order valence-electron chi connectivity index (χ0n) is 15.2. The molecule has 1 aromatic carbocycles. The summed E-state index contributed by atoms with van der Waals surface area (Å²) >= 11 is 1.28. The number of benzene rings is 1. The van der Waals surface area contributed by atoms with Crippen LogP contribution in [0.25, 0.3) is 10.1 Å². The molecule has 0 radical (unpaired) electrons. The molecule has 3 heterocycles. The predicted octanol–water partition coefficient (Wildman–Crippen LogP) is 1.27. The molecule has 1 aliphatic heterocycles. The zero-order valence-corrected chi connectivity index (χ0v) is 16.8. The van der Waals surface area contributed by atoms with Crippen molar-refractivity contribution in [1.82, 2.24) is 13.2 Å². The molecule has 3 aromatic rings. The van der Waals surface area contributed by atoms with Crippen LogP contribution in [0.3, 0.4) is 0 Å². The van der Waals surface area contributed by atoms with Gasteiger partial charge in [-0.3, -0.25) is 13.5 Å². The van der Waals surface area contributed by atoms with Crippen molar-refractivity contribution in [3.63, 3.8) is 0 Å². The molecule has 1 aliphatic rings. The summed E-state index contributed by atoms with van der Waals surface area (Å²) in [6.45, 7) is 1.07. The van der Waals surface area contributed by atoms with Gasteiger partial charge >= 0.3 is 0 Å². The van der Waals surface area contributed by atoms with Crippen LogP contribution < -0.4 is 5.56 Å². The number of piperazine rings is 1. The first kappa shape index (κ1) is 18.9. The highest BCUT2D eigenvalue weighted by Gasteiger charge is 2.30. The Kier molecular flexibility index (Phi) is 4.86. The first-order valence-corrected chi connectivity index (χ1v) is 11.0. The van der Waals surface area contributed by atoms with Crippen LogP contribution in [0.4, 0.5) is 0 Å². The molecule has 0 saturated carbocycles. The van der Waals surface area contributed by atoms with E-state index in [0.717, 1.165) is 4.70 Å². The summed E-state index contributed by atoms with van der Waals surface area (Å²) < 4.78 is 34.8. The van der Waals surface area contributed by atoms with Gasteiger partial charge in [0.1, 0.15) is 5.76 Å². The molecule has 4 rings (SSSR count). The molecule has 8 nitrogen and oxygen atoms in total. The number of aromatic nitrogens is 1. The van der Waals surface area contributed by atoms with Gasteiger partial charge in [-0.1, -0.05) is 11.5 Å². The van der Waals surface area contributed by atoms with Crippen LogP contribution >= 0.6 is 11.5 Å². The molecule has 0 spiro atoms. The van der Waals surface area contributed by atoms with E-state index in [-0.39, 0.29) is 35.9 Å². The average molecular weight is 422 g/mol. The second-order valence-corrected chi connectivity index (χ2v) is 9.70. The molecule has 0 N–H and O–H groups in total. The lowest BCUT2D eigenvalue weighted by Crippen LogP contribution is -2.50. The molecule has 1 fully saturated rings. The molecule has 0 bridgehead atoms. The third kappa shape index (κ3) is 3.38. The van der Waals surface area contributed by atoms with Crippen molar-refractivity contribution < 1.29 is 17.6 Å². The fraction of sp³-hybridized carbons (Fsp3) is 0.333. The SMILES string of the molecule is Cn1sc2ccc(S(=O)(=O)N3CCN(C(=O)Cc4ccco4)CC3)cc2c1=O. The van der Waals surface area contributed by atoms with Gasteiger partial charge in [-0.2, -0.15) is 4.31 Å². The minimum atomic E-state index is -3.73. The van der Waals surface area contributed by atoms with Gasteiger partial charge in [0.05, 0.1) is 27.7 Å². The van der Waals surface area contributed by atoms with E-state index in [2.05, 4.69) is 0 Å². The quantitative estimate of drug-likeness (QED) is 0.633. The molecule has 2 aromatic heterocycles. The molecule has 28 heavy (non-hydrogen) atoms. The fourth-order valence-electron chi connectivity index (χ4n) is 3.28. The summed E-state index contributed by atoms with van der Waals surface area (Å²) in [4.78, 5) is 26.2. The van der Waals surface area contributed by atoms with Gasteiger partial charge in [0.2, 0.25) is 15.9 Å². The van der Waals surface area contributed by atoms with Gasteiger partial charge in [-0.15, -0.1) is 0 Å². The average Bonchev–Trinajstić information content (AvgIpc) is 3.30. The summed E-state index contributed by atoms with van der Waals surface area (Å²) in [6.07, 6.45) is 1.68. The van der Waals surface area contributed by atoms with Crippen LogP contribution in [-0.2, 0) is 28.3 Å². The maximum atomic E-state index is 13.0. The Hall–Kier alpha value is -2.43.